The highest BCUT2D eigenvalue weighted by Gasteiger charge is 2.17. The van der Waals surface area contributed by atoms with Crippen LogP contribution in [0.3, 0.4) is 0 Å². The van der Waals surface area contributed by atoms with Crippen LogP contribution in [-0.4, -0.2) is 42.2 Å². The molecule has 5 heteroatoms. The second kappa shape index (κ2) is 6.61. The lowest BCUT2D eigenvalue weighted by molar-refractivity contribution is 0.269. The smallest absolute Gasteiger partial charge is 0.239 e. The second-order valence-corrected chi connectivity index (χ2v) is 5.00. The molecule has 3 N–H and O–H groups in total. The topological polar surface area (TPSA) is 63.4 Å². The van der Waals surface area contributed by atoms with Gasteiger partial charge in [-0.1, -0.05) is 0 Å². The van der Waals surface area contributed by atoms with E-state index >= 15 is 0 Å². The van der Waals surface area contributed by atoms with Crippen LogP contribution in [0.2, 0.25) is 0 Å². The van der Waals surface area contributed by atoms with Gasteiger partial charge in [-0.2, -0.15) is 4.98 Å². The van der Waals surface area contributed by atoms with Crippen LogP contribution >= 0.6 is 0 Å². The number of nitrogens with zero attached hydrogens (tertiary/aromatic N) is 2. The Bertz CT molecular complexity index is 404. The molecule has 1 atom stereocenters. The van der Waals surface area contributed by atoms with Crippen LogP contribution < -0.4 is 15.8 Å². The number of anilines is 2. The van der Waals surface area contributed by atoms with Crippen LogP contribution in [0.5, 0.6) is 5.88 Å². The summed E-state index contributed by atoms with van der Waals surface area (Å²) in [6.07, 6.45) is 2.64. The van der Waals surface area contributed by atoms with Crippen molar-refractivity contribution in [3.8, 4) is 5.88 Å². The third-order valence-corrected chi connectivity index (χ3v) is 3.51. The van der Waals surface area contributed by atoms with Crippen LogP contribution in [-0.2, 0) is 0 Å². The number of hydrogen-bond acceptors (Lipinski definition) is 5. The van der Waals surface area contributed by atoms with Gasteiger partial charge in [0.15, 0.2) is 0 Å². The quantitative estimate of drug-likeness (QED) is 0.822. The summed E-state index contributed by atoms with van der Waals surface area (Å²) < 4.78 is 5.40. The Kier molecular flexibility index (Phi) is 4.85. The molecule has 5 nitrogen and oxygen atoms in total. The lowest BCUT2D eigenvalue weighted by Gasteiger charge is -2.24. The standard InChI is InChI=1S/C14H24N4O/c1-3-19-14-12(15)6-7-13(17-14)16-10-11(2)18-8-4-5-9-18/h6-7,11H,3-5,8-10,15H2,1-2H3,(H,16,17). The van der Waals surface area contributed by atoms with Gasteiger partial charge < -0.3 is 15.8 Å². The van der Waals surface area contributed by atoms with Gasteiger partial charge in [0.2, 0.25) is 5.88 Å². The molecule has 1 saturated heterocycles. The van der Waals surface area contributed by atoms with Crippen LogP contribution in [0.15, 0.2) is 12.1 Å². The van der Waals surface area contributed by atoms with Gasteiger partial charge in [0.05, 0.1) is 12.3 Å². The van der Waals surface area contributed by atoms with E-state index in [2.05, 4.69) is 22.1 Å². The SMILES string of the molecule is CCOc1nc(NCC(C)N2CCCC2)ccc1N. The Labute approximate surface area is 115 Å². The zero-order valence-electron chi connectivity index (χ0n) is 11.9. The second-order valence-electron chi connectivity index (χ2n) is 5.00. The van der Waals surface area contributed by atoms with Crippen molar-refractivity contribution in [3.63, 3.8) is 0 Å². The van der Waals surface area contributed by atoms with Crippen molar-refractivity contribution < 1.29 is 4.74 Å². The molecular formula is C14H24N4O. The molecule has 2 heterocycles. The fraction of sp³-hybridized carbons (Fsp3) is 0.643. The van der Waals surface area contributed by atoms with Crippen molar-refractivity contribution in [1.29, 1.82) is 0 Å². The normalized spacial score (nSPS) is 17.4. The lowest BCUT2D eigenvalue weighted by Crippen LogP contribution is -2.35. The lowest BCUT2D eigenvalue weighted by atomic mass is 10.3. The van der Waals surface area contributed by atoms with Gasteiger partial charge in [-0.05, 0) is 51.9 Å². The minimum atomic E-state index is 0.515. The number of nitrogen functional groups attached to an aromatic ring is 1. The summed E-state index contributed by atoms with van der Waals surface area (Å²) in [6, 6.07) is 4.26. The number of nitrogens with one attached hydrogen (secondary N) is 1. The number of rotatable bonds is 6. The highest BCUT2D eigenvalue weighted by Crippen LogP contribution is 2.21. The first-order chi connectivity index (χ1) is 9.20. The number of hydrogen-bond donors (Lipinski definition) is 2. The summed E-state index contributed by atoms with van der Waals surface area (Å²) in [7, 11) is 0. The van der Waals surface area contributed by atoms with Gasteiger partial charge in [-0.15, -0.1) is 0 Å². The van der Waals surface area contributed by atoms with E-state index in [9.17, 15) is 0 Å². The van der Waals surface area contributed by atoms with Crippen LogP contribution in [0.4, 0.5) is 11.5 Å². The van der Waals surface area contributed by atoms with Gasteiger partial charge in [0.1, 0.15) is 5.82 Å². The number of nitrogens with two attached hydrogens (primary N) is 1. The van der Waals surface area contributed by atoms with Crippen molar-refractivity contribution in [3.05, 3.63) is 12.1 Å². The Hall–Kier alpha value is -1.49. The van der Waals surface area contributed by atoms with Crippen molar-refractivity contribution in [2.24, 2.45) is 0 Å². The molecule has 1 aromatic rings. The molecule has 0 aromatic carbocycles. The van der Waals surface area contributed by atoms with Crippen molar-refractivity contribution in [2.75, 3.05) is 37.3 Å². The van der Waals surface area contributed by atoms with Crippen LogP contribution in [0.1, 0.15) is 26.7 Å². The fourth-order valence-electron chi connectivity index (χ4n) is 2.37. The molecule has 0 spiro atoms. The molecular weight excluding hydrogens is 240 g/mol. The third-order valence-electron chi connectivity index (χ3n) is 3.51. The summed E-state index contributed by atoms with van der Waals surface area (Å²) >= 11 is 0. The molecule has 106 valence electrons. The molecule has 1 aliphatic rings. The molecule has 0 radical (unpaired) electrons. The zero-order valence-corrected chi connectivity index (χ0v) is 11.9. The Morgan fingerprint density at radius 2 is 2.16 bits per heavy atom. The molecule has 1 aliphatic heterocycles. The van der Waals surface area contributed by atoms with Gasteiger partial charge in [-0.25, -0.2) is 0 Å². The van der Waals surface area contributed by atoms with E-state index in [1.54, 1.807) is 0 Å². The van der Waals surface area contributed by atoms with E-state index in [1.165, 1.54) is 25.9 Å². The van der Waals surface area contributed by atoms with Crippen LogP contribution in [0, 0.1) is 0 Å². The molecule has 1 aromatic heterocycles. The van der Waals surface area contributed by atoms with E-state index in [-0.39, 0.29) is 0 Å². The predicted molar refractivity (Wildman–Crippen MR) is 78.6 cm³/mol. The van der Waals surface area contributed by atoms with E-state index in [0.29, 0.717) is 24.2 Å². The Morgan fingerprint density at radius 1 is 1.42 bits per heavy atom. The van der Waals surface area contributed by atoms with Gasteiger partial charge in [0, 0.05) is 12.6 Å². The zero-order chi connectivity index (χ0) is 13.7. The summed E-state index contributed by atoms with van der Waals surface area (Å²) in [5.41, 5.74) is 6.39. The highest BCUT2D eigenvalue weighted by atomic mass is 16.5. The first-order valence-corrected chi connectivity index (χ1v) is 7.08. The van der Waals surface area contributed by atoms with E-state index in [0.717, 1.165) is 12.4 Å². The van der Waals surface area contributed by atoms with E-state index in [1.807, 2.05) is 19.1 Å². The summed E-state index contributed by atoms with van der Waals surface area (Å²) in [4.78, 5) is 6.89. The molecule has 0 amide bonds. The molecule has 2 rings (SSSR count). The average molecular weight is 264 g/mol. The first-order valence-electron chi connectivity index (χ1n) is 7.08. The molecule has 0 saturated carbocycles. The minimum absolute atomic E-state index is 0.515. The number of likely N-dealkylation sites (tertiary alicyclic amines) is 1. The molecule has 1 fully saturated rings. The van der Waals surface area contributed by atoms with Crippen molar-refractivity contribution >= 4 is 11.5 Å². The number of ether oxygens (including phenoxy) is 1. The van der Waals surface area contributed by atoms with Crippen molar-refractivity contribution in [2.45, 2.75) is 32.7 Å². The number of pyridine rings is 1. The minimum Gasteiger partial charge on any atom is -0.476 e. The fourth-order valence-corrected chi connectivity index (χ4v) is 2.37. The van der Waals surface area contributed by atoms with Gasteiger partial charge >= 0.3 is 0 Å². The average Bonchev–Trinajstić information content (AvgIpc) is 2.93. The molecule has 19 heavy (non-hydrogen) atoms. The van der Waals surface area contributed by atoms with E-state index < -0.39 is 0 Å². The molecule has 0 bridgehead atoms. The molecule has 0 aliphatic carbocycles. The molecule has 1 unspecified atom stereocenters. The van der Waals surface area contributed by atoms with Gasteiger partial charge in [0.25, 0.3) is 0 Å². The van der Waals surface area contributed by atoms with Gasteiger partial charge in [-0.3, -0.25) is 4.90 Å². The predicted octanol–water partition coefficient (Wildman–Crippen LogP) is 1.96. The van der Waals surface area contributed by atoms with Crippen molar-refractivity contribution in [1.82, 2.24) is 9.88 Å². The van der Waals surface area contributed by atoms with E-state index in [4.69, 9.17) is 10.5 Å². The first kappa shape index (κ1) is 13.9. The Morgan fingerprint density at radius 3 is 2.84 bits per heavy atom. The maximum atomic E-state index is 5.81. The monoisotopic (exact) mass is 264 g/mol. The highest BCUT2D eigenvalue weighted by molar-refractivity contribution is 5.53. The maximum absolute atomic E-state index is 5.81. The summed E-state index contributed by atoms with van der Waals surface area (Å²) in [5, 5.41) is 3.36. The Balaban J connectivity index is 1.89. The van der Waals surface area contributed by atoms with Crippen LogP contribution in [0.25, 0.3) is 0 Å². The third kappa shape index (κ3) is 3.73. The maximum Gasteiger partial charge on any atom is 0.239 e. The largest absolute Gasteiger partial charge is 0.476 e. The summed E-state index contributed by atoms with van der Waals surface area (Å²) in [5.74, 6) is 1.34. The summed E-state index contributed by atoms with van der Waals surface area (Å²) in [6.45, 7) is 8.06. The number of aromatic nitrogens is 1.